The zero-order valence-electron chi connectivity index (χ0n) is 31.2. The summed E-state index contributed by atoms with van der Waals surface area (Å²) in [4.78, 5) is 0. The number of hydrogen-bond acceptors (Lipinski definition) is 13. The predicted octanol–water partition coefficient (Wildman–Crippen LogP) is 1.44. The Labute approximate surface area is 307 Å². The Morgan fingerprint density at radius 3 is 2.08 bits per heavy atom. The number of hydrogen-bond donors (Lipinski definition) is 7. The SMILES string of the molecule is CC1CCC2(OC1)OC1CC3C4CCC5CCC(O[C@@H]6O[C@H](CO)[C@@H](O)[C@@H](O)C6O[C@@H]6O[C@H](CO)[C@@H](O)[C@@H](O)[C@H]6O)CC5(C)C4CCC3(C)C1C2C. The lowest BCUT2D eigenvalue weighted by Gasteiger charge is -2.61. The summed E-state index contributed by atoms with van der Waals surface area (Å²) in [5, 5.41) is 73.0. The van der Waals surface area contributed by atoms with Crippen molar-refractivity contribution in [2.24, 2.45) is 52.3 Å². The van der Waals surface area contributed by atoms with Gasteiger partial charge in [-0.15, -0.1) is 0 Å². The molecule has 22 atom stereocenters. The lowest BCUT2D eigenvalue weighted by atomic mass is 9.44. The minimum Gasteiger partial charge on any atom is -0.394 e. The van der Waals surface area contributed by atoms with Crippen LogP contribution < -0.4 is 0 Å². The molecule has 13 nitrogen and oxygen atoms in total. The molecule has 4 heterocycles. The summed E-state index contributed by atoms with van der Waals surface area (Å²) >= 11 is 0. The van der Waals surface area contributed by atoms with Crippen molar-refractivity contribution in [2.45, 2.75) is 171 Å². The summed E-state index contributed by atoms with van der Waals surface area (Å²) in [5.41, 5.74) is 0.244. The molecule has 0 radical (unpaired) electrons. The quantitative estimate of drug-likeness (QED) is 0.194. The normalized spacial score (nSPS) is 59.0. The van der Waals surface area contributed by atoms with Gasteiger partial charge in [-0.2, -0.15) is 0 Å². The molecule has 7 N–H and O–H groups in total. The van der Waals surface area contributed by atoms with Gasteiger partial charge < -0.3 is 64.2 Å². The summed E-state index contributed by atoms with van der Waals surface area (Å²) in [6.45, 7) is 9.24. The molecular formula is C39H64O13. The Morgan fingerprint density at radius 2 is 1.38 bits per heavy atom. The van der Waals surface area contributed by atoms with Crippen LogP contribution in [0.2, 0.25) is 0 Å². The first kappa shape index (κ1) is 38.4. The highest BCUT2D eigenvalue weighted by atomic mass is 16.8. The second-order valence-electron chi connectivity index (χ2n) is 18.7. The third kappa shape index (κ3) is 5.98. The number of rotatable bonds is 6. The van der Waals surface area contributed by atoms with E-state index < -0.39 is 80.4 Å². The molecule has 4 aliphatic carbocycles. The molecule has 0 aromatic rings. The van der Waals surface area contributed by atoms with Gasteiger partial charge in [-0.05, 0) is 104 Å². The average Bonchev–Trinajstić information content (AvgIpc) is 3.57. The predicted molar refractivity (Wildman–Crippen MR) is 183 cm³/mol. The second kappa shape index (κ2) is 14.1. The van der Waals surface area contributed by atoms with E-state index in [1.54, 1.807) is 0 Å². The van der Waals surface area contributed by atoms with Crippen LogP contribution in [0, 0.1) is 52.3 Å². The maximum absolute atomic E-state index is 11.2. The van der Waals surface area contributed by atoms with Crippen LogP contribution in [0.1, 0.15) is 91.9 Å². The standard InChI is InChI=1S/C39H64O13/c1-18-9-12-39(47-17-18)19(2)28-25(52-39)13-24-22-8-6-20-5-7-21(14-38(20,4)23(22)10-11-37(24,28)3)48-36-34(32(45)30(43)27(16-41)50-36)51-35-33(46)31(44)29(42)26(15-40)49-35/h18-36,40-46H,5-17H2,1-4H3/t18?,19?,20?,21?,22?,23?,24?,25?,26-,27-,28?,29-,30-,31-,32-,33-,34?,35+,36-,37?,38?,39?/m1/s1. The van der Waals surface area contributed by atoms with Crippen LogP contribution in [-0.4, -0.2) is 135 Å². The molecule has 8 rings (SSSR count). The van der Waals surface area contributed by atoms with Gasteiger partial charge in [0.1, 0.15) is 48.8 Å². The fourth-order valence-electron chi connectivity index (χ4n) is 13.3. The van der Waals surface area contributed by atoms with Crippen LogP contribution in [0.25, 0.3) is 0 Å². The Kier molecular flexibility index (Phi) is 10.4. The van der Waals surface area contributed by atoms with Crippen molar-refractivity contribution in [1.82, 2.24) is 0 Å². The molecule has 13 heteroatoms. The molecule has 1 spiro atoms. The topological polar surface area (TPSA) is 197 Å². The lowest BCUT2D eigenvalue weighted by molar-refractivity contribution is -0.373. The van der Waals surface area contributed by atoms with Crippen molar-refractivity contribution in [3.8, 4) is 0 Å². The second-order valence-corrected chi connectivity index (χ2v) is 18.7. The van der Waals surface area contributed by atoms with Gasteiger partial charge in [-0.3, -0.25) is 0 Å². The third-order valence-electron chi connectivity index (χ3n) is 16.1. The fourth-order valence-corrected chi connectivity index (χ4v) is 13.3. The van der Waals surface area contributed by atoms with Crippen LogP contribution >= 0.6 is 0 Å². The van der Waals surface area contributed by atoms with Gasteiger partial charge in [-0.1, -0.05) is 27.7 Å². The van der Waals surface area contributed by atoms with Crippen LogP contribution in [0.5, 0.6) is 0 Å². The van der Waals surface area contributed by atoms with Gasteiger partial charge in [0.25, 0.3) is 0 Å². The molecule has 8 aliphatic rings. The van der Waals surface area contributed by atoms with Crippen LogP contribution in [0.15, 0.2) is 0 Å². The van der Waals surface area contributed by atoms with Crippen LogP contribution in [0.3, 0.4) is 0 Å². The van der Waals surface area contributed by atoms with Crippen molar-refractivity contribution < 1.29 is 64.2 Å². The highest BCUT2D eigenvalue weighted by Gasteiger charge is 2.69. The minimum absolute atomic E-state index is 0.0258. The van der Waals surface area contributed by atoms with Gasteiger partial charge in [0, 0.05) is 12.3 Å². The Morgan fingerprint density at radius 1 is 0.692 bits per heavy atom. The molecular weight excluding hydrogens is 676 g/mol. The highest BCUT2D eigenvalue weighted by molar-refractivity contribution is 5.15. The Bertz CT molecular complexity index is 1260. The smallest absolute Gasteiger partial charge is 0.187 e. The summed E-state index contributed by atoms with van der Waals surface area (Å²) in [6, 6.07) is 0. The molecule has 0 aromatic heterocycles. The van der Waals surface area contributed by atoms with Crippen LogP contribution in [-0.2, 0) is 28.4 Å². The van der Waals surface area contributed by atoms with Crippen LogP contribution in [0.4, 0.5) is 0 Å². The molecule has 4 saturated heterocycles. The maximum Gasteiger partial charge on any atom is 0.187 e. The van der Waals surface area contributed by atoms with E-state index in [-0.39, 0.29) is 23.0 Å². The summed E-state index contributed by atoms with van der Waals surface area (Å²) in [6.07, 6.45) is -4.00. The molecule has 298 valence electrons. The first-order valence-corrected chi connectivity index (χ1v) is 20.3. The average molecular weight is 741 g/mol. The number of ether oxygens (including phenoxy) is 6. The molecule has 0 amide bonds. The van der Waals surface area contributed by atoms with Gasteiger partial charge in [0.05, 0.1) is 32.0 Å². The summed E-state index contributed by atoms with van der Waals surface area (Å²) in [5.74, 6) is 3.35. The van der Waals surface area contributed by atoms with E-state index in [9.17, 15) is 35.7 Å². The number of fused-ring (bicyclic) bond motifs is 7. The van der Waals surface area contributed by atoms with Gasteiger partial charge >= 0.3 is 0 Å². The number of aliphatic hydroxyl groups excluding tert-OH is 7. The molecule has 8 fully saturated rings. The minimum atomic E-state index is -1.71. The van der Waals surface area contributed by atoms with E-state index >= 15 is 0 Å². The van der Waals surface area contributed by atoms with Crippen molar-refractivity contribution >= 4 is 0 Å². The zero-order valence-corrected chi connectivity index (χ0v) is 31.2. The molecule has 0 aromatic carbocycles. The van der Waals surface area contributed by atoms with E-state index in [0.717, 1.165) is 45.1 Å². The monoisotopic (exact) mass is 740 g/mol. The molecule has 13 unspecified atom stereocenters. The molecule has 4 saturated carbocycles. The maximum atomic E-state index is 11.2. The van der Waals surface area contributed by atoms with E-state index in [4.69, 9.17) is 28.4 Å². The van der Waals surface area contributed by atoms with Crippen molar-refractivity contribution in [1.29, 1.82) is 0 Å². The van der Waals surface area contributed by atoms with Gasteiger partial charge in [0.15, 0.2) is 18.4 Å². The molecule has 0 bridgehead atoms. The largest absolute Gasteiger partial charge is 0.394 e. The van der Waals surface area contributed by atoms with Gasteiger partial charge in [0.2, 0.25) is 0 Å². The van der Waals surface area contributed by atoms with E-state index in [2.05, 4.69) is 27.7 Å². The van der Waals surface area contributed by atoms with E-state index in [0.29, 0.717) is 41.4 Å². The lowest BCUT2D eigenvalue weighted by Crippen LogP contribution is -2.65. The van der Waals surface area contributed by atoms with Crippen molar-refractivity contribution in [3.63, 3.8) is 0 Å². The first-order chi connectivity index (χ1) is 24.7. The van der Waals surface area contributed by atoms with E-state index in [1.165, 1.54) is 25.7 Å². The summed E-state index contributed by atoms with van der Waals surface area (Å²) < 4.78 is 37.8. The molecule has 52 heavy (non-hydrogen) atoms. The summed E-state index contributed by atoms with van der Waals surface area (Å²) in [7, 11) is 0. The van der Waals surface area contributed by atoms with E-state index in [1.807, 2.05) is 0 Å². The zero-order chi connectivity index (χ0) is 36.9. The third-order valence-corrected chi connectivity index (χ3v) is 16.1. The Hall–Kier alpha value is -0.520. The van der Waals surface area contributed by atoms with Crippen molar-refractivity contribution in [3.05, 3.63) is 0 Å². The van der Waals surface area contributed by atoms with Gasteiger partial charge in [-0.25, -0.2) is 0 Å². The fraction of sp³-hybridized carbons (Fsp3) is 1.00. The Balaban J connectivity index is 0.980. The highest BCUT2D eigenvalue weighted by Crippen LogP contribution is 2.71. The van der Waals surface area contributed by atoms with Crippen molar-refractivity contribution in [2.75, 3.05) is 19.8 Å². The first-order valence-electron chi connectivity index (χ1n) is 20.3. The molecule has 4 aliphatic heterocycles. The number of aliphatic hydroxyl groups is 7.